The van der Waals surface area contributed by atoms with E-state index >= 15 is 0 Å². The normalized spacial score (nSPS) is 26.3. The van der Waals surface area contributed by atoms with Gasteiger partial charge in [-0.25, -0.2) is 4.42 Å². The number of nitrogens with zero attached hydrogens (tertiary/aromatic N) is 3. The lowest BCUT2D eigenvalue weighted by atomic mass is 9.77. The molecule has 2 aliphatic heterocycles. The number of amides is 1. The number of carbonyl (C=O) groups is 1. The second-order valence-corrected chi connectivity index (χ2v) is 5.28. The average Bonchev–Trinajstić information content (AvgIpc) is 2.81. The first kappa shape index (κ1) is 11.4. The zero-order chi connectivity index (χ0) is 12.8. The Morgan fingerprint density at radius 1 is 1.39 bits per heavy atom. The van der Waals surface area contributed by atoms with E-state index in [0.717, 1.165) is 11.3 Å². The van der Waals surface area contributed by atoms with Crippen LogP contribution in [0.3, 0.4) is 0 Å². The molecule has 0 aliphatic carbocycles. The minimum Gasteiger partial charge on any atom is -0.310 e. The van der Waals surface area contributed by atoms with E-state index in [1.54, 1.807) is 4.90 Å². The Labute approximate surface area is 110 Å². The van der Waals surface area contributed by atoms with E-state index in [1.165, 1.54) is 4.42 Å². The van der Waals surface area contributed by atoms with Gasteiger partial charge in [-0.1, -0.05) is 18.2 Å². The number of para-hydroxylation sites is 1. The molecule has 2 aliphatic rings. The zero-order valence-electron chi connectivity index (χ0n) is 9.77. The summed E-state index contributed by atoms with van der Waals surface area (Å²) in [5, 5.41) is 8.95. The number of carbonyl (C=O) groups excluding carboxylic acids is 1. The van der Waals surface area contributed by atoms with Crippen molar-refractivity contribution in [2.45, 2.75) is 12.8 Å². The largest absolute Gasteiger partial charge is 0.310 e. The number of rotatable bonds is 0. The Balaban J connectivity index is 2.02. The highest BCUT2D eigenvalue weighted by molar-refractivity contribution is 6.38. The molecule has 3 rings (SSSR count). The van der Waals surface area contributed by atoms with E-state index in [2.05, 4.69) is 6.19 Å². The summed E-state index contributed by atoms with van der Waals surface area (Å²) in [7, 11) is 0. The molecule has 0 aromatic heterocycles. The molecule has 2 heterocycles. The van der Waals surface area contributed by atoms with Crippen LogP contribution in [0.4, 0.5) is 5.69 Å². The Kier molecular flexibility index (Phi) is 2.46. The minimum absolute atomic E-state index is 0.0828. The lowest BCUT2D eigenvalue weighted by Gasteiger charge is -2.36. The van der Waals surface area contributed by atoms with Crippen LogP contribution in [0.2, 0.25) is 0 Å². The van der Waals surface area contributed by atoms with Gasteiger partial charge in [-0.2, -0.15) is 5.26 Å². The Bertz CT molecular complexity index is 553. The Morgan fingerprint density at radius 3 is 2.89 bits per heavy atom. The summed E-state index contributed by atoms with van der Waals surface area (Å²) in [6, 6.07) is 7.66. The monoisotopic (exact) mass is 261 g/mol. The summed E-state index contributed by atoms with van der Waals surface area (Å²) in [5.74, 6) is -0.0828. The number of fused-ring (bicyclic) bond motifs is 1. The van der Waals surface area contributed by atoms with Gasteiger partial charge in [0.25, 0.3) is 0 Å². The molecule has 1 amide bonds. The van der Waals surface area contributed by atoms with Gasteiger partial charge in [0, 0.05) is 24.9 Å². The number of anilines is 1. The third kappa shape index (κ3) is 1.48. The van der Waals surface area contributed by atoms with E-state index in [-0.39, 0.29) is 5.91 Å². The van der Waals surface area contributed by atoms with Crippen LogP contribution in [0.1, 0.15) is 12.0 Å². The van der Waals surface area contributed by atoms with Crippen molar-refractivity contribution in [1.29, 1.82) is 5.26 Å². The Morgan fingerprint density at radius 2 is 2.17 bits per heavy atom. The van der Waals surface area contributed by atoms with Crippen molar-refractivity contribution in [1.82, 2.24) is 4.90 Å². The smallest absolute Gasteiger partial charge is 0.250 e. The van der Waals surface area contributed by atoms with Gasteiger partial charge in [-0.15, -0.1) is 0 Å². The average molecular weight is 262 g/mol. The highest BCUT2D eigenvalue weighted by Gasteiger charge is 2.50. The highest BCUT2D eigenvalue weighted by atomic mass is 35.5. The van der Waals surface area contributed by atoms with Gasteiger partial charge >= 0.3 is 0 Å². The number of halogens is 1. The van der Waals surface area contributed by atoms with Crippen LogP contribution < -0.4 is 4.42 Å². The van der Waals surface area contributed by atoms with Gasteiger partial charge in [0.15, 0.2) is 6.19 Å². The SMILES string of the molecule is N#CN1CCC2(Cc3ccccc3N(Cl)C2=O)C1. The fourth-order valence-electron chi connectivity index (χ4n) is 2.89. The first-order chi connectivity index (χ1) is 8.66. The predicted molar refractivity (Wildman–Crippen MR) is 67.7 cm³/mol. The van der Waals surface area contributed by atoms with Crippen molar-refractivity contribution < 1.29 is 4.79 Å². The van der Waals surface area contributed by atoms with Crippen molar-refractivity contribution in [3.05, 3.63) is 29.8 Å². The van der Waals surface area contributed by atoms with Crippen LogP contribution in [0.15, 0.2) is 24.3 Å². The van der Waals surface area contributed by atoms with E-state index < -0.39 is 5.41 Å². The molecule has 0 radical (unpaired) electrons. The van der Waals surface area contributed by atoms with Crippen molar-refractivity contribution in [2.24, 2.45) is 5.41 Å². The minimum atomic E-state index is -0.522. The lowest BCUT2D eigenvalue weighted by Crippen LogP contribution is -2.46. The van der Waals surface area contributed by atoms with Crippen LogP contribution >= 0.6 is 11.8 Å². The quantitative estimate of drug-likeness (QED) is 0.529. The van der Waals surface area contributed by atoms with Gasteiger partial charge in [-0.05, 0) is 24.5 Å². The van der Waals surface area contributed by atoms with Crippen LogP contribution in [-0.2, 0) is 11.2 Å². The lowest BCUT2D eigenvalue weighted by molar-refractivity contribution is -0.126. The molecule has 92 valence electrons. The highest BCUT2D eigenvalue weighted by Crippen LogP contribution is 2.43. The van der Waals surface area contributed by atoms with Gasteiger partial charge in [0.05, 0.1) is 11.1 Å². The maximum absolute atomic E-state index is 12.4. The molecule has 1 fully saturated rings. The van der Waals surface area contributed by atoms with Crippen LogP contribution in [0.25, 0.3) is 0 Å². The molecule has 1 aromatic rings. The van der Waals surface area contributed by atoms with Crippen LogP contribution in [0, 0.1) is 16.9 Å². The first-order valence-corrected chi connectivity index (χ1v) is 6.23. The molecule has 1 saturated heterocycles. The molecule has 1 spiro atoms. The standard InChI is InChI=1S/C13H12ClN3O/c14-17-11-4-2-1-3-10(11)7-13(12(17)18)5-6-16(8-13)9-15/h1-4H,5-8H2. The first-order valence-electron chi connectivity index (χ1n) is 5.89. The number of nitriles is 1. The predicted octanol–water partition coefficient (Wildman–Crippen LogP) is 1.90. The Hall–Kier alpha value is -1.73. The molecule has 0 N–H and O–H groups in total. The molecular formula is C13H12ClN3O. The summed E-state index contributed by atoms with van der Waals surface area (Å²) in [4.78, 5) is 14.1. The summed E-state index contributed by atoms with van der Waals surface area (Å²) >= 11 is 6.14. The summed E-state index contributed by atoms with van der Waals surface area (Å²) < 4.78 is 1.22. The fourth-order valence-corrected chi connectivity index (χ4v) is 3.23. The van der Waals surface area contributed by atoms with Gasteiger partial charge < -0.3 is 4.90 Å². The van der Waals surface area contributed by atoms with E-state index in [4.69, 9.17) is 17.0 Å². The third-order valence-corrected chi connectivity index (χ3v) is 4.19. The second kappa shape index (κ2) is 3.89. The van der Waals surface area contributed by atoms with Crippen molar-refractivity contribution in [2.75, 3.05) is 17.5 Å². The molecule has 4 nitrogen and oxygen atoms in total. The van der Waals surface area contributed by atoms with E-state index in [9.17, 15) is 4.79 Å². The van der Waals surface area contributed by atoms with Gasteiger partial charge in [0.2, 0.25) is 5.91 Å². The summed E-state index contributed by atoms with van der Waals surface area (Å²) in [6.45, 7) is 1.11. The van der Waals surface area contributed by atoms with E-state index in [1.807, 2.05) is 24.3 Å². The van der Waals surface area contributed by atoms with Gasteiger partial charge in [-0.3, -0.25) is 4.79 Å². The third-order valence-electron chi connectivity index (χ3n) is 3.86. The molecule has 5 heteroatoms. The number of hydrogen-bond acceptors (Lipinski definition) is 3. The molecule has 1 unspecified atom stereocenters. The van der Waals surface area contributed by atoms with Gasteiger partial charge in [0.1, 0.15) is 0 Å². The van der Waals surface area contributed by atoms with Crippen molar-refractivity contribution in [3.63, 3.8) is 0 Å². The molecule has 1 aromatic carbocycles. The molecule has 0 saturated carbocycles. The molecule has 0 bridgehead atoms. The number of benzene rings is 1. The molecular weight excluding hydrogens is 250 g/mol. The fraction of sp³-hybridized carbons (Fsp3) is 0.385. The number of likely N-dealkylation sites (tertiary alicyclic amines) is 1. The van der Waals surface area contributed by atoms with E-state index in [0.29, 0.717) is 25.9 Å². The maximum atomic E-state index is 12.4. The topological polar surface area (TPSA) is 47.3 Å². The maximum Gasteiger partial charge on any atom is 0.250 e. The van der Waals surface area contributed by atoms with Crippen LogP contribution in [-0.4, -0.2) is 23.9 Å². The number of hydrogen-bond donors (Lipinski definition) is 0. The molecule has 18 heavy (non-hydrogen) atoms. The summed E-state index contributed by atoms with van der Waals surface area (Å²) in [5.41, 5.74) is 1.32. The summed E-state index contributed by atoms with van der Waals surface area (Å²) in [6.07, 6.45) is 3.48. The second-order valence-electron chi connectivity index (χ2n) is 4.94. The molecule has 1 atom stereocenters. The van der Waals surface area contributed by atoms with Crippen molar-refractivity contribution >= 4 is 23.4 Å². The van der Waals surface area contributed by atoms with Crippen molar-refractivity contribution in [3.8, 4) is 6.19 Å². The zero-order valence-corrected chi connectivity index (χ0v) is 10.5. The van der Waals surface area contributed by atoms with Crippen LogP contribution in [0.5, 0.6) is 0 Å².